The summed E-state index contributed by atoms with van der Waals surface area (Å²) >= 11 is 0. The average molecular weight is 360 g/mol. The minimum atomic E-state index is -0.598. The SMILES string of the molecule is C=CCOc1ccccc1/C=C/[C@]12NC(=O)CN1c1ccccc1C2(C)C. The van der Waals surface area contributed by atoms with Crippen LogP contribution in [0.2, 0.25) is 0 Å². The number of nitrogens with zero attached hydrogens (tertiary/aromatic N) is 1. The van der Waals surface area contributed by atoms with Crippen LogP contribution in [0.1, 0.15) is 25.0 Å². The Bertz CT molecular complexity index is 931. The molecule has 4 heteroatoms. The molecule has 0 spiro atoms. The van der Waals surface area contributed by atoms with Crippen LogP contribution in [0.3, 0.4) is 0 Å². The van der Waals surface area contributed by atoms with Gasteiger partial charge >= 0.3 is 0 Å². The smallest absolute Gasteiger partial charge is 0.241 e. The number of ether oxygens (including phenoxy) is 1. The minimum Gasteiger partial charge on any atom is -0.489 e. The van der Waals surface area contributed by atoms with Crippen LogP contribution in [-0.2, 0) is 10.2 Å². The van der Waals surface area contributed by atoms with Crippen LogP contribution in [0.4, 0.5) is 5.69 Å². The summed E-state index contributed by atoms with van der Waals surface area (Å²) in [5, 5.41) is 3.24. The van der Waals surface area contributed by atoms with Gasteiger partial charge in [0.2, 0.25) is 5.91 Å². The number of hydrogen-bond acceptors (Lipinski definition) is 3. The number of rotatable bonds is 5. The molecule has 2 heterocycles. The molecule has 2 aliphatic heterocycles. The molecule has 1 N–H and O–H groups in total. The van der Waals surface area contributed by atoms with E-state index < -0.39 is 5.66 Å². The Hall–Kier alpha value is -3.01. The van der Waals surface area contributed by atoms with Crippen molar-refractivity contribution < 1.29 is 9.53 Å². The van der Waals surface area contributed by atoms with Gasteiger partial charge in [-0.05, 0) is 23.8 Å². The van der Waals surface area contributed by atoms with Gasteiger partial charge in [-0.1, -0.05) is 69.0 Å². The van der Waals surface area contributed by atoms with Gasteiger partial charge in [-0.3, -0.25) is 4.79 Å². The summed E-state index contributed by atoms with van der Waals surface area (Å²) < 4.78 is 5.78. The van der Waals surface area contributed by atoms with Gasteiger partial charge < -0.3 is 15.0 Å². The summed E-state index contributed by atoms with van der Waals surface area (Å²) in [6, 6.07) is 16.2. The Balaban J connectivity index is 1.78. The quantitative estimate of drug-likeness (QED) is 0.823. The predicted octanol–water partition coefficient (Wildman–Crippen LogP) is 3.89. The monoisotopic (exact) mass is 360 g/mol. The summed E-state index contributed by atoms with van der Waals surface area (Å²) in [4.78, 5) is 14.5. The van der Waals surface area contributed by atoms with Gasteiger partial charge in [0.1, 0.15) is 18.0 Å². The first-order valence-corrected chi connectivity index (χ1v) is 9.20. The normalized spacial score (nSPS) is 22.4. The Kier molecular flexibility index (Phi) is 4.06. The molecule has 0 bridgehead atoms. The second-order valence-corrected chi connectivity index (χ2v) is 7.51. The molecular formula is C23H24N2O2. The second-order valence-electron chi connectivity index (χ2n) is 7.51. The lowest BCUT2D eigenvalue weighted by Crippen LogP contribution is -2.58. The molecule has 2 aromatic rings. The van der Waals surface area contributed by atoms with Crippen molar-refractivity contribution in [2.75, 3.05) is 18.1 Å². The van der Waals surface area contributed by atoms with Gasteiger partial charge in [0.05, 0.1) is 6.54 Å². The molecule has 27 heavy (non-hydrogen) atoms. The Labute approximate surface area is 160 Å². The summed E-state index contributed by atoms with van der Waals surface area (Å²) in [6.07, 6.45) is 5.88. The highest BCUT2D eigenvalue weighted by Crippen LogP contribution is 2.52. The summed E-state index contributed by atoms with van der Waals surface area (Å²) in [5.74, 6) is 0.840. The van der Waals surface area contributed by atoms with Crippen LogP contribution in [0.25, 0.3) is 6.08 Å². The lowest BCUT2D eigenvalue weighted by atomic mass is 9.75. The third-order valence-electron chi connectivity index (χ3n) is 5.66. The Morgan fingerprint density at radius 3 is 2.74 bits per heavy atom. The molecule has 0 radical (unpaired) electrons. The van der Waals surface area contributed by atoms with Crippen molar-refractivity contribution in [1.82, 2.24) is 5.32 Å². The molecule has 138 valence electrons. The lowest BCUT2D eigenvalue weighted by Gasteiger charge is -2.40. The highest BCUT2D eigenvalue weighted by atomic mass is 16.5. The van der Waals surface area contributed by atoms with Gasteiger partial charge in [-0.25, -0.2) is 0 Å². The van der Waals surface area contributed by atoms with Crippen molar-refractivity contribution in [1.29, 1.82) is 0 Å². The first-order valence-electron chi connectivity index (χ1n) is 9.20. The van der Waals surface area contributed by atoms with E-state index in [1.165, 1.54) is 5.56 Å². The van der Waals surface area contributed by atoms with Gasteiger partial charge in [0.15, 0.2) is 0 Å². The van der Waals surface area contributed by atoms with E-state index in [1.54, 1.807) is 6.08 Å². The van der Waals surface area contributed by atoms with Crippen molar-refractivity contribution in [2.24, 2.45) is 0 Å². The highest BCUT2D eigenvalue weighted by molar-refractivity contribution is 5.91. The van der Waals surface area contributed by atoms with E-state index in [2.05, 4.69) is 54.9 Å². The van der Waals surface area contributed by atoms with E-state index >= 15 is 0 Å². The molecule has 2 aliphatic rings. The fourth-order valence-corrected chi connectivity index (χ4v) is 4.25. The molecular weight excluding hydrogens is 336 g/mol. The maximum atomic E-state index is 12.4. The van der Waals surface area contributed by atoms with E-state index in [0.717, 1.165) is 17.0 Å². The van der Waals surface area contributed by atoms with Crippen molar-refractivity contribution >= 4 is 17.7 Å². The van der Waals surface area contributed by atoms with Crippen LogP contribution in [0.5, 0.6) is 5.75 Å². The van der Waals surface area contributed by atoms with Crippen LogP contribution >= 0.6 is 0 Å². The van der Waals surface area contributed by atoms with Crippen LogP contribution in [0, 0.1) is 0 Å². The molecule has 1 saturated heterocycles. The topological polar surface area (TPSA) is 41.6 Å². The van der Waals surface area contributed by atoms with Crippen LogP contribution < -0.4 is 15.0 Å². The molecule has 0 aliphatic carbocycles. The average Bonchev–Trinajstić information content (AvgIpc) is 3.10. The number of nitrogens with one attached hydrogen (secondary N) is 1. The number of anilines is 1. The molecule has 0 unspecified atom stereocenters. The number of carbonyl (C=O) groups excluding carboxylic acids is 1. The van der Waals surface area contributed by atoms with Gasteiger partial charge in [0, 0.05) is 16.7 Å². The first-order chi connectivity index (χ1) is 13.0. The summed E-state index contributed by atoms with van der Waals surface area (Å²) in [7, 11) is 0. The number of hydrogen-bond donors (Lipinski definition) is 1. The van der Waals surface area contributed by atoms with Crippen molar-refractivity contribution in [3.8, 4) is 5.75 Å². The lowest BCUT2D eigenvalue weighted by molar-refractivity contribution is -0.118. The Morgan fingerprint density at radius 1 is 1.19 bits per heavy atom. The fraction of sp³-hybridized carbons (Fsp3) is 0.261. The van der Waals surface area contributed by atoms with Crippen molar-refractivity contribution in [3.05, 3.63) is 78.4 Å². The molecule has 2 aromatic carbocycles. The number of benzene rings is 2. The van der Waals surface area contributed by atoms with E-state index in [-0.39, 0.29) is 11.3 Å². The summed E-state index contributed by atoms with van der Waals surface area (Å²) in [6.45, 7) is 8.89. The maximum Gasteiger partial charge on any atom is 0.241 e. The van der Waals surface area contributed by atoms with Gasteiger partial charge in [-0.2, -0.15) is 0 Å². The molecule has 1 amide bonds. The molecule has 4 rings (SSSR count). The minimum absolute atomic E-state index is 0.0402. The second kappa shape index (κ2) is 6.31. The predicted molar refractivity (Wildman–Crippen MR) is 109 cm³/mol. The Morgan fingerprint density at radius 2 is 1.93 bits per heavy atom. The third-order valence-corrected chi connectivity index (χ3v) is 5.66. The van der Waals surface area contributed by atoms with Crippen molar-refractivity contribution in [3.63, 3.8) is 0 Å². The van der Waals surface area contributed by atoms with E-state index in [9.17, 15) is 4.79 Å². The fourth-order valence-electron chi connectivity index (χ4n) is 4.25. The number of para-hydroxylation sites is 2. The highest BCUT2D eigenvalue weighted by Gasteiger charge is 2.59. The van der Waals surface area contributed by atoms with Gasteiger partial charge in [-0.15, -0.1) is 0 Å². The third kappa shape index (κ3) is 2.55. The zero-order valence-electron chi connectivity index (χ0n) is 15.7. The maximum absolute atomic E-state index is 12.4. The standard InChI is InChI=1S/C23H24N2O2/c1-4-15-27-20-12-8-5-9-17(20)13-14-23-22(2,3)18-10-6-7-11-19(18)25(23)16-21(26)24-23/h4-14H,1,15-16H2,2-3H3,(H,24,26)/b14-13+/t23-/m0/s1. The zero-order valence-corrected chi connectivity index (χ0v) is 15.7. The molecule has 4 nitrogen and oxygen atoms in total. The van der Waals surface area contributed by atoms with E-state index in [0.29, 0.717) is 13.2 Å². The number of carbonyl (C=O) groups is 1. The molecule has 0 aromatic heterocycles. The first kappa shape index (κ1) is 17.4. The molecule has 0 saturated carbocycles. The zero-order chi connectivity index (χ0) is 19.1. The largest absolute Gasteiger partial charge is 0.489 e. The number of fused-ring (bicyclic) bond motifs is 3. The molecule has 1 fully saturated rings. The van der Waals surface area contributed by atoms with E-state index in [1.807, 2.05) is 36.4 Å². The summed E-state index contributed by atoms with van der Waals surface area (Å²) in [5.41, 5.74) is 2.46. The number of amides is 1. The van der Waals surface area contributed by atoms with E-state index in [4.69, 9.17) is 4.74 Å². The molecule has 1 atom stereocenters. The van der Waals surface area contributed by atoms with Crippen LogP contribution in [0.15, 0.2) is 67.3 Å². The van der Waals surface area contributed by atoms with Gasteiger partial charge in [0.25, 0.3) is 0 Å². The van der Waals surface area contributed by atoms with Crippen molar-refractivity contribution in [2.45, 2.75) is 24.9 Å². The van der Waals surface area contributed by atoms with Crippen LogP contribution in [-0.4, -0.2) is 24.7 Å².